The van der Waals surface area contributed by atoms with Crippen LogP contribution < -0.4 is 5.32 Å². The Morgan fingerprint density at radius 1 is 1.36 bits per heavy atom. The van der Waals surface area contributed by atoms with Gasteiger partial charge in [0.25, 0.3) is 5.91 Å². The molecule has 0 bridgehead atoms. The molecule has 1 fully saturated rings. The number of nitrogens with zero attached hydrogens (tertiary/aromatic N) is 1. The Morgan fingerprint density at radius 3 is 2.92 bits per heavy atom. The van der Waals surface area contributed by atoms with Crippen LogP contribution >= 0.6 is 23.2 Å². The number of fused-ring (bicyclic) bond motifs is 1. The Balaban J connectivity index is 1.53. The number of aromatic nitrogens is 2. The largest absolute Gasteiger partial charge is 0.376 e. The summed E-state index contributed by atoms with van der Waals surface area (Å²) in [5.74, 6) is -0.146. The number of hydrogen-bond acceptors (Lipinski definition) is 3. The third-order valence-corrected chi connectivity index (χ3v) is 5.73. The summed E-state index contributed by atoms with van der Waals surface area (Å²) in [4.78, 5) is 12.8. The Kier molecular flexibility index (Phi) is 4.48. The number of carbonyl (C=O) groups excluding carboxylic acids is 1. The third kappa shape index (κ3) is 3.28. The van der Waals surface area contributed by atoms with Gasteiger partial charge in [0.05, 0.1) is 13.2 Å². The van der Waals surface area contributed by atoms with E-state index in [0.717, 1.165) is 42.5 Å². The van der Waals surface area contributed by atoms with Crippen molar-refractivity contribution in [1.82, 2.24) is 15.5 Å². The molecule has 0 spiro atoms. The summed E-state index contributed by atoms with van der Waals surface area (Å²) in [6.45, 7) is 1.10. The van der Waals surface area contributed by atoms with Crippen molar-refractivity contribution in [2.75, 3.05) is 6.61 Å². The van der Waals surface area contributed by atoms with Gasteiger partial charge in [0.15, 0.2) is 5.69 Å². The van der Waals surface area contributed by atoms with E-state index in [-0.39, 0.29) is 11.4 Å². The maximum absolute atomic E-state index is 12.8. The molecule has 2 aliphatic rings. The lowest BCUT2D eigenvalue weighted by atomic mass is 9.72. The number of aromatic amines is 1. The van der Waals surface area contributed by atoms with Crippen LogP contribution in [0.4, 0.5) is 0 Å². The van der Waals surface area contributed by atoms with Crippen molar-refractivity contribution < 1.29 is 9.53 Å². The van der Waals surface area contributed by atoms with Gasteiger partial charge >= 0.3 is 0 Å². The lowest BCUT2D eigenvalue weighted by Crippen LogP contribution is -2.55. The maximum Gasteiger partial charge on any atom is 0.272 e. The Hall–Kier alpha value is -1.56. The second kappa shape index (κ2) is 6.63. The van der Waals surface area contributed by atoms with Crippen molar-refractivity contribution in [3.8, 4) is 0 Å². The highest BCUT2D eigenvalue weighted by atomic mass is 35.5. The van der Waals surface area contributed by atoms with Gasteiger partial charge in [0.1, 0.15) is 0 Å². The fourth-order valence-corrected chi connectivity index (χ4v) is 4.05. The van der Waals surface area contributed by atoms with Crippen LogP contribution in [0.2, 0.25) is 10.0 Å². The summed E-state index contributed by atoms with van der Waals surface area (Å²) in [6.07, 6.45) is 4.41. The van der Waals surface area contributed by atoms with Gasteiger partial charge in [-0.1, -0.05) is 29.3 Å². The molecule has 1 saturated carbocycles. The molecule has 4 rings (SSSR count). The molecule has 1 aliphatic heterocycles. The summed E-state index contributed by atoms with van der Waals surface area (Å²) in [7, 11) is 0. The van der Waals surface area contributed by atoms with Crippen LogP contribution in [-0.4, -0.2) is 28.3 Å². The Morgan fingerprint density at radius 2 is 2.20 bits per heavy atom. The molecule has 1 aromatic carbocycles. The maximum atomic E-state index is 12.8. The van der Waals surface area contributed by atoms with E-state index < -0.39 is 0 Å². The van der Waals surface area contributed by atoms with E-state index in [0.29, 0.717) is 35.4 Å². The molecule has 2 heterocycles. The number of carbonyl (C=O) groups is 1. The first kappa shape index (κ1) is 16.9. The molecule has 5 nitrogen and oxygen atoms in total. The van der Waals surface area contributed by atoms with Crippen molar-refractivity contribution in [3.63, 3.8) is 0 Å². The molecule has 0 saturated heterocycles. The van der Waals surface area contributed by atoms with Crippen LogP contribution in [0.1, 0.15) is 46.6 Å². The second-order valence-electron chi connectivity index (χ2n) is 6.83. The molecule has 0 radical (unpaired) electrons. The van der Waals surface area contributed by atoms with E-state index in [1.165, 1.54) is 0 Å². The highest BCUT2D eigenvalue weighted by Crippen LogP contribution is 2.37. The SMILES string of the molecule is O=C(NC1(Cc2ccc(Cl)cc2Cl)CCC1)c1n[nH]c2c1COCC2. The Labute approximate surface area is 156 Å². The number of ether oxygens (including phenoxy) is 1. The van der Waals surface area contributed by atoms with E-state index in [1.807, 2.05) is 12.1 Å². The van der Waals surface area contributed by atoms with Crippen molar-refractivity contribution >= 4 is 29.1 Å². The van der Waals surface area contributed by atoms with Gasteiger partial charge in [0.2, 0.25) is 0 Å². The summed E-state index contributed by atoms with van der Waals surface area (Å²) < 4.78 is 5.47. The topological polar surface area (TPSA) is 67.0 Å². The van der Waals surface area contributed by atoms with Gasteiger partial charge in [0, 0.05) is 33.3 Å². The fourth-order valence-electron chi connectivity index (χ4n) is 3.58. The number of H-pyrrole nitrogens is 1. The van der Waals surface area contributed by atoms with Crippen molar-refractivity contribution in [2.45, 2.75) is 44.2 Å². The quantitative estimate of drug-likeness (QED) is 0.850. The van der Waals surface area contributed by atoms with E-state index >= 15 is 0 Å². The summed E-state index contributed by atoms with van der Waals surface area (Å²) in [6, 6.07) is 5.51. The normalized spacial score (nSPS) is 18.3. The zero-order chi connectivity index (χ0) is 17.4. The minimum absolute atomic E-state index is 0.146. The summed E-state index contributed by atoms with van der Waals surface area (Å²) in [5.41, 5.74) is 3.06. The predicted octanol–water partition coefficient (Wildman–Crippen LogP) is 3.68. The van der Waals surface area contributed by atoms with Crippen LogP contribution in [-0.2, 0) is 24.2 Å². The van der Waals surface area contributed by atoms with Gasteiger partial charge in [-0.05, 0) is 43.4 Å². The molecular formula is C18H19Cl2N3O2. The number of benzene rings is 1. The average Bonchev–Trinajstić information content (AvgIpc) is 2.99. The van der Waals surface area contributed by atoms with Crippen LogP contribution in [0.5, 0.6) is 0 Å². The van der Waals surface area contributed by atoms with Crippen molar-refractivity contribution in [3.05, 3.63) is 50.8 Å². The molecule has 1 aliphatic carbocycles. The smallest absolute Gasteiger partial charge is 0.272 e. The molecule has 0 unspecified atom stereocenters. The summed E-state index contributed by atoms with van der Waals surface area (Å²) in [5, 5.41) is 11.6. The standard InChI is InChI=1S/C18H19Cl2N3O2/c19-12-3-2-11(14(20)8-12)9-18(5-1-6-18)21-17(24)16-13-10-25-7-4-15(13)22-23-16/h2-3,8H,1,4-7,9-10H2,(H,21,24)(H,22,23). The van der Waals surface area contributed by atoms with Crippen molar-refractivity contribution in [2.24, 2.45) is 0 Å². The average molecular weight is 380 g/mol. The molecular weight excluding hydrogens is 361 g/mol. The van der Waals surface area contributed by atoms with Gasteiger partial charge in [-0.15, -0.1) is 0 Å². The minimum Gasteiger partial charge on any atom is -0.376 e. The third-order valence-electron chi connectivity index (χ3n) is 5.14. The zero-order valence-electron chi connectivity index (χ0n) is 13.7. The van der Waals surface area contributed by atoms with Crippen LogP contribution in [0.15, 0.2) is 18.2 Å². The first-order valence-corrected chi connectivity index (χ1v) is 9.22. The summed E-state index contributed by atoms with van der Waals surface area (Å²) >= 11 is 12.3. The second-order valence-corrected chi connectivity index (χ2v) is 7.68. The molecule has 2 N–H and O–H groups in total. The zero-order valence-corrected chi connectivity index (χ0v) is 15.2. The van der Waals surface area contributed by atoms with Gasteiger partial charge in [-0.3, -0.25) is 9.89 Å². The molecule has 25 heavy (non-hydrogen) atoms. The number of rotatable bonds is 4. The van der Waals surface area contributed by atoms with Gasteiger partial charge < -0.3 is 10.1 Å². The lowest BCUT2D eigenvalue weighted by molar-refractivity contribution is 0.0806. The van der Waals surface area contributed by atoms with E-state index in [4.69, 9.17) is 27.9 Å². The first-order valence-electron chi connectivity index (χ1n) is 8.47. The molecule has 132 valence electrons. The first-order chi connectivity index (χ1) is 12.1. The number of halogens is 2. The molecule has 2 aromatic rings. The fraction of sp³-hybridized carbons (Fsp3) is 0.444. The van der Waals surface area contributed by atoms with Gasteiger partial charge in [-0.25, -0.2) is 0 Å². The monoisotopic (exact) mass is 379 g/mol. The van der Waals surface area contributed by atoms with Crippen molar-refractivity contribution in [1.29, 1.82) is 0 Å². The lowest BCUT2D eigenvalue weighted by Gasteiger charge is -2.43. The van der Waals surface area contributed by atoms with Crippen LogP contribution in [0.25, 0.3) is 0 Å². The van der Waals surface area contributed by atoms with Gasteiger partial charge in [-0.2, -0.15) is 5.10 Å². The highest BCUT2D eigenvalue weighted by Gasteiger charge is 2.40. The number of amides is 1. The Bertz CT molecular complexity index is 815. The molecule has 0 atom stereocenters. The number of nitrogens with one attached hydrogen (secondary N) is 2. The van der Waals surface area contributed by atoms with E-state index in [9.17, 15) is 4.79 Å². The molecule has 7 heteroatoms. The molecule has 1 aromatic heterocycles. The minimum atomic E-state index is -0.268. The molecule has 1 amide bonds. The predicted molar refractivity (Wildman–Crippen MR) is 96.2 cm³/mol. The highest BCUT2D eigenvalue weighted by molar-refractivity contribution is 6.35. The van der Waals surface area contributed by atoms with E-state index in [2.05, 4.69) is 15.5 Å². The number of hydrogen-bond donors (Lipinski definition) is 2. The van der Waals surface area contributed by atoms with Crippen LogP contribution in [0.3, 0.4) is 0 Å². The van der Waals surface area contributed by atoms with Crippen LogP contribution in [0, 0.1) is 0 Å². The van der Waals surface area contributed by atoms with E-state index in [1.54, 1.807) is 6.07 Å².